The third-order valence-electron chi connectivity index (χ3n) is 6.21. The first-order valence-electron chi connectivity index (χ1n) is 14.2. The number of hydrogen-bond acceptors (Lipinski definition) is 6. The summed E-state index contributed by atoms with van der Waals surface area (Å²) in [5.74, 6) is 0. The molecule has 0 spiro atoms. The maximum Gasteiger partial charge on any atom is 0.268 e. The molecule has 9 heteroatoms. The minimum absolute atomic E-state index is 0. The maximum atomic E-state index is 11.9. The summed E-state index contributed by atoms with van der Waals surface area (Å²) in [5.41, 5.74) is 0. The summed E-state index contributed by atoms with van der Waals surface area (Å²) in [5, 5.41) is 0. The van der Waals surface area contributed by atoms with Crippen LogP contribution in [0.1, 0.15) is 110 Å². The van der Waals surface area contributed by atoms with Crippen LogP contribution in [0, 0.1) is 0 Å². The third-order valence-corrected chi connectivity index (χ3v) is 7.17. The van der Waals surface area contributed by atoms with Crippen molar-refractivity contribution in [1.82, 2.24) is 0 Å². The lowest BCUT2D eigenvalue weighted by molar-refractivity contribution is -0.870. The molecule has 2 atom stereocenters. The van der Waals surface area contributed by atoms with Gasteiger partial charge in [0, 0.05) is 13.7 Å². The van der Waals surface area contributed by atoms with Crippen LogP contribution in [0.15, 0.2) is 0 Å². The first-order chi connectivity index (χ1) is 16.7. The third kappa shape index (κ3) is 28.5. The number of likely N-dealkylation sites (N-methyl/N-ethyl adjacent to an activating group) is 1. The highest BCUT2D eigenvalue weighted by molar-refractivity contribution is 7.45. The Hall–Kier alpha value is -0.0500. The van der Waals surface area contributed by atoms with E-state index >= 15 is 0 Å². The lowest BCUT2D eigenvalue weighted by atomic mass is 10.0. The zero-order valence-corrected chi connectivity index (χ0v) is 25.2. The molecule has 0 aliphatic heterocycles. The molecule has 0 saturated heterocycles. The summed E-state index contributed by atoms with van der Waals surface area (Å²) in [6.45, 7) is 3.82. The van der Waals surface area contributed by atoms with Crippen LogP contribution in [0.4, 0.5) is 0 Å². The molecule has 2 N–H and O–H groups in total. The molecule has 0 aliphatic rings. The van der Waals surface area contributed by atoms with Crippen LogP contribution in [-0.4, -0.2) is 77.3 Å². The van der Waals surface area contributed by atoms with Gasteiger partial charge in [0.2, 0.25) is 0 Å². The lowest BCUT2D eigenvalue weighted by Crippen LogP contribution is -2.37. The van der Waals surface area contributed by atoms with Crippen LogP contribution >= 0.6 is 7.82 Å². The van der Waals surface area contributed by atoms with Crippen LogP contribution in [-0.2, 0) is 23.1 Å². The summed E-state index contributed by atoms with van der Waals surface area (Å²) in [6.07, 6.45) is 21.1. The van der Waals surface area contributed by atoms with Crippen LogP contribution in [0.3, 0.4) is 0 Å². The second-order valence-corrected chi connectivity index (χ2v) is 12.2. The zero-order chi connectivity index (χ0) is 26.3. The first kappa shape index (κ1) is 38.1. The van der Waals surface area contributed by atoms with Gasteiger partial charge < -0.3 is 33.4 Å². The molecule has 0 aromatic heterocycles. The van der Waals surface area contributed by atoms with Gasteiger partial charge in [0.1, 0.15) is 19.3 Å². The van der Waals surface area contributed by atoms with E-state index in [1.165, 1.54) is 103 Å². The number of unbranched alkanes of at least 4 members (excludes halogenated alkanes) is 15. The van der Waals surface area contributed by atoms with Gasteiger partial charge in [-0.15, -0.1) is 0 Å². The Morgan fingerprint density at radius 1 is 0.694 bits per heavy atom. The van der Waals surface area contributed by atoms with E-state index in [0.717, 1.165) is 6.42 Å². The highest BCUT2D eigenvalue weighted by Gasteiger charge is 2.16. The fourth-order valence-electron chi connectivity index (χ4n) is 3.79. The van der Waals surface area contributed by atoms with Gasteiger partial charge in [-0.25, -0.2) is 0 Å². The normalized spacial score (nSPS) is 14.4. The van der Waals surface area contributed by atoms with E-state index in [9.17, 15) is 9.46 Å². The van der Waals surface area contributed by atoms with Gasteiger partial charge in [-0.3, -0.25) is 4.57 Å². The van der Waals surface area contributed by atoms with Crippen LogP contribution in [0.25, 0.3) is 0 Å². The van der Waals surface area contributed by atoms with Crippen molar-refractivity contribution < 1.29 is 37.9 Å². The molecule has 0 aromatic rings. The van der Waals surface area contributed by atoms with E-state index in [1.54, 1.807) is 0 Å². The molecule has 0 aliphatic carbocycles. The van der Waals surface area contributed by atoms with Gasteiger partial charge >= 0.3 is 0 Å². The Morgan fingerprint density at radius 3 is 1.56 bits per heavy atom. The van der Waals surface area contributed by atoms with E-state index in [0.29, 0.717) is 24.2 Å². The molecule has 0 saturated carbocycles. The highest BCUT2D eigenvalue weighted by atomic mass is 31.2. The summed E-state index contributed by atoms with van der Waals surface area (Å²) in [4.78, 5) is 11.9. The van der Waals surface area contributed by atoms with Crippen molar-refractivity contribution in [3.05, 3.63) is 0 Å². The van der Waals surface area contributed by atoms with E-state index in [1.807, 2.05) is 21.1 Å². The summed E-state index contributed by atoms with van der Waals surface area (Å²) < 4.78 is 33.3. The number of nitrogens with zero attached hydrogens (tertiary/aromatic N) is 1. The Balaban J connectivity index is 0. The van der Waals surface area contributed by atoms with Crippen LogP contribution < -0.4 is 4.89 Å². The number of hydrogen-bond donors (Lipinski definition) is 0. The molecule has 0 radical (unpaired) electrons. The van der Waals surface area contributed by atoms with Gasteiger partial charge in [-0.1, -0.05) is 103 Å². The van der Waals surface area contributed by atoms with Gasteiger partial charge in [-0.05, 0) is 6.42 Å². The maximum absolute atomic E-state index is 11.9. The lowest BCUT2D eigenvalue weighted by Gasteiger charge is -2.28. The SMILES string of the molecule is CCCCCCCCCCCCCCCCCCOC[C@H](COP(=O)([O-])OCC[N+](C)(C)C)OC.O. The standard InChI is InChI=1S/C27H58NO6P.H2O/c1-6-7-8-9-10-11-12-13-14-15-16-17-18-19-20-21-23-32-25-27(31-5)26-34-35(29,30)33-24-22-28(2,3)4;/h27H,6-26H2,1-5H3;1H2/t27-;/m1./s1. The van der Waals surface area contributed by atoms with Crippen molar-refractivity contribution in [2.24, 2.45) is 0 Å². The number of phosphoric acid groups is 1. The minimum Gasteiger partial charge on any atom is -0.756 e. The highest BCUT2D eigenvalue weighted by Crippen LogP contribution is 2.38. The fraction of sp³-hybridized carbons (Fsp3) is 1.00. The number of rotatable bonds is 27. The summed E-state index contributed by atoms with van der Waals surface area (Å²) in [7, 11) is 3.12. The molecule has 0 rings (SSSR count). The van der Waals surface area contributed by atoms with E-state index in [4.69, 9.17) is 18.5 Å². The molecule has 0 fully saturated rings. The van der Waals surface area contributed by atoms with Crippen molar-refractivity contribution in [1.29, 1.82) is 0 Å². The van der Waals surface area contributed by atoms with E-state index in [2.05, 4.69) is 6.92 Å². The Bertz CT molecular complexity index is 503. The number of phosphoric ester groups is 1. The average Bonchev–Trinajstić information content (AvgIpc) is 2.79. The van der Waals surface area contributed by atoms with Crippen molar-refractivity contribution in [3.63, 3.8) is 0 Å². The topological polar surface area (TPSA) is 109 Å². The Kier molecular flexibility index (Phi) is 26.7. The number of quaternary nitrogens is 1. The average molecular weight is 542 g/mol. The van der Waals surface area contributed by atoms with Gasteiger partial charge in [0.05, 0.1) is 34.4 Å². The number of methoxy groups -OCH3 is 1. The van der Waals surface area contributed by atoms with Gasteiger partial charge in [-0.2, -0.15) is 0 Å². The molecule has 0 aromatic carbocycles. The Labute approximate surface area is 222 Å². The van der Waals surface area contributed by atoms with E-state index in [-0.39, 0.29) is 18.7 Å². The molecule has 0 heterocycles. The molecule has 36 heavy (non-hydrogen) atoms. The van der Waals surface area contributed by atoms with E-state index < -0.39 is 13.9 Å². The van der Waals surface area contributed by atoms with Gasteiger partial charge in [0.25, 0.3) is 7.82 Å². The van der Waals surface area contributed by atoms with Crippen LogP contribution in [0.5, 0.6) is 0 Å². The minimum atomic E-state index is -4.32. The second-order valence-electron chi connectivity index (χ2n) is 10.8. The zero-order valence-electron chi connectivity index (χ0n) is 24.3. The molecule has 0 amide bonds. The predicted octanol–water partition coefficient (Wildman–Crippen LogP) is 5.66. The second kappa shape index (κ2) is 25.2. The van der Waals surface area contributed by atoms with Crippen LogP contribution in [0.2, 0.25) is 0 Å². The monoisotopic (exact) mass is 541 g/mol. The largest absolute Gasteiger partial charge is 0.756 e. The molecule has 8 nitrogen and oxygen atoms in total. The number of ether oxygens (including phenoxy) is 2. The summed E-state index contributed by atoms with van der Waals surface area (Å²) in [6, 6.07) is 0. The quantitative estimate of drug-likeness (QED) is 0.0754. The molecule has 1 unspecified atom stereocenters. The predicted molar refractivity (Wildman–Crippen MR) is 147 cm³/mol. The van der Waals surface area contributed by atoms with Crippen molar-refractivity contribution in [2.75, 3.05) is 61.2 Å². The Morgan fingerprint density at radius 2 is 1.14 bits per heavy atom. The molecule has 0 bridgehead atoms. The molecule has 220 valence electrons. The van der Waals surface area contributed by atoms with Crippen molar-refractivity contribution in [3.8, 4) is 0 Å². The van der Waals surface area contributed by atoms with Gasteiger partial charge in [0.15, 0.2) is 0 Å². The summed E-state index contributed by atoms with van der Waals surface area (Å²) >= 11 is 0. The van der Waals surface area contributed by atoms with Crippen molar-refractivity contribution in [2.45, 2.75) is 116 Å². The fourth-order valence-corrected chi connectivity index (χ4v) is 4.52. The van der Waals surface area contributed by atoms with Crippen molar-refractivity contribution >= 4 is 7.82 Å². The molecular weight excluding hydrogens is 481 g/mol. The smallest absolute Gasteiger partial charge is 0.268 e. The first-order valence-corrected chi connectivity index (χ1v) is 15.7. The molecular formula is C27H60NO7P.